The quantitative estimate of drug-likeness (QED) is 0.705. The first-order valence-electron chi connectivity index (χ1n) is 11.2. The van der Waals surface area contributed by atoms with Crippen molar-refractivity contribution in [3.8, 4) is 11.3 Å². The number of dihydropyridines is 1. The number of allylic oxidation sites excluding steroid dienone is 1. The highest BCUT2D eigenvalue weighted by Crippen LogP contribution is 2.24. The minimum absolute atomic E-state index is 0.0587. The van der Waals surface area contributed by atoms with Crippen molar-refractivity contribution in [2.24, 2.45) is 10.7 Å². The number of hydrogen-bond donors (Lipinski definition) is 2. The van der Waals surface area contributed by atoms with Crippen LogP contribution >= 0.6 is 0 Å². The molecular weight excluding hydrogens is 416 g/mol. The van der Waals surface area contributed by atoms with Crippen molar-refractivity contribution in [3.63, 3.8) is 0 Å². The third-order valence-corrected chi connectivity index (χ3v) is 6.34. The number of amides is 2. The van der Waals surface area contributed by atoms with Gasteiger partial charge in [0.25, 0.3) is 0 Å². The molecule has 4 rings (SSSR count). The maximum atomic E-state index is 12.0. The van der Waals surface area contributed by atoms with E-state index in [9.17, 15) is 9.59 Å². The van der Waals surface area contributed by atoms with Gasteiger partial charge in [0.15, 0.2) is 0 Å². The molecule has 0 spiro atoms. The summed E-state index contributed by atoms with van der Waals surface area (Å²) in [7, 11) is 1.64. The molecule has 1 aromatic heterocycles. The smallest absolute Gasteiger partial charge is 0.249 e. The standard InChI is InChI=1S/C25H30N6O2/c1-25(24(33)27-2)10-9-19(16-29-25)31-13-11-30(12-14-31)17-18-7-8-22(28-15-18)20-5-3-4-6-21(20)23(26)32/h3-9,15-16H,10-14,17H2,1-2H3,(H2,26,32)(H,27,33). The monoisotopic (exact) mass is 446 g/mol. The highest BCUT2D eigenvalue weighted by molar-refractivity contribution is 5.99. The molecule has 3 heterocycles. The Hall–Kier alpha value is -3.52. The molecule has 8 heteroatoms. The molecule has 0 bridgehead atoms. The molecule has 1 unspecified atom stereocenters. The normalized spacial score (nSPS) is 20.9. The van der Waals surface area contributed by atoms with Gasteiger partial charge in [0.05, 0.1) is 11.4 Å². The molecule has 1 atom stereocenters. The van der Waals surface area contributed by atoms with Crippen molar-refractivity contribution in [2.45, 2.75) is 25.4 Å². The molecular formula is C25H30N6O2. The number of nitrogens with two attached hydrogens (primary N) is 1. The Morgan fingerprint density at radius 3 is 2.48 bits per heavy atom. The predicted molar refractivity (Wildman–Crippen MR) is 129 cm³/mol. The molecule has 2 aliphatic rings. The first-order chi connectivity index (χ1) is 15.9. The number of hydrogen-bond acceptors (Lipinski definition) is 6. The summed E-state index contributed by atoms with van der Waals surface area (Å²) in [6.45, 7) is 6.37. The topological polar surface area (TPSA) is 104 Å². The molecule has 2 amide bonds. The lowest BCUT2D eigenvalue weighted by molar-refractivity contribution is -0.125. The fourth-order valence-electron chi connectivity index (χ4n) is 4.27. The third kappa shape index (κ3) is 4.96. The van der Waals surface area contributed by atoms with Crippen LogP contribution in [0.3, 0.4) is 0 Å². The van der Waals surface area contributed by atoms with E-state index in [-0.39, 0.29) is 5.91 Å². The van der Waals surface area contributed by atoms with Gasteiger partial charge in [-0.1, -0.05) is 30.3 Å². The van der Waals surface area contributed by atoms with Gasteiger partial charge in [-0.2, -0.15) is 0 Å². The molecule has 2 aromatic rings. The summed E-state index contributed by atoms with van der Waals surface area (Å²) in [6.07, 6.45) is 6.43. The zero-order valence-corrected chi connectivity index (χ0v) is 19.1. The van der Waals surface area contributed by atoms with Crippen LogP contribution in [0, 0.1) is 0 Å². The number of nitrogens with one attached hydrogen (secondary N) is 1. The zero-order chi connectivity index (χ0) is 23.4. The number of carbonyl (C=O) groups is 2. The van der Waals surface area contributed by atoms with E-state index in [1.165, 1.54) is 0 Å². The number of rotatable bonds is 6. The average Bonchev–Trinajstić information content (AvgIpc) is 2.85. The Morgan fingerprint density at radius 1 is 1.12 bits per heavy atom. The number of piperazine rings is 1. The van der Waals surface area contributed by atoms with Crippen LogP contribution in [0.5, 0.6) is 0 Å². The number of likely N-dealkylation sites (N-methyl/N-ethyl adjacent to an activating group) is 1. The van der Waals surface area contributed by atoms with Crippen molar-refractivity contribution >= 4 is 18.0 Å². The van der Waals surface area contributed by atoms with Crippen LogP contribution in [0.1, 0.15) is 29.3 Å². The van der Waals surface area contributed by atoms with Gasteiger partial charge in [0.1, 0.15) is 5.54 Å². The summed E-state index contributed by atoms with van der Waals surface area (Å²) < 4.78 is 0. The number of primary amides is 1. The van der Waals surface area contributed by atoms with Crippen LogP contribution in [0.25, 0.3) is 11.3 Å². The van der Waals surface area contributed by atoms with E-state index in [2.05, 4.69) is 37.2 Å². The fourth-order valence-corrected chi connectivity index (χ4v) is 4.27. The van der Waals surface area contributed by atoms with Gasteiger partial charge >= 0.3 is 0 Å². The maximum Gasteiger partial charge on any atom is 0.249 e. The summed E-state index contributed by atoms with van der Waals surface area (Å²) in [5, 5.41) is 2.69. The summed E-state index contributed by atoms with van der Waals surface area (Å²) in [4.78, 5) is 37.6. The molecule has 8 nitrogen and oxygen atoms in total. The molecule has 1 fully saturated rings. The summed E-state index contributed by atoms with van der Waals surface area (Å²) in [5.74, 6) is -0.512. The maximum absolute atomic E-state index is 12.0. The largest absolute Gasteiger partial charge is 0.368 e. The van der Waals surface area contributed by atoms with Crippen LogP contribution in [0.15, 0.2) is 59.4 Å². The summed E-state index contributed by atoms with van der Waals surface area (Å²) in [5.41, 5.74) is 8.97. The molecule has 0 saturated carbocycles. The van der Waals surface area contributed by atoms with Crippen LogP contribution in [-0.2, 0) is 11.3 Å². The van der Waals surface area contributed by atoms with E-state index in [0.717, 1.165) is 55.2 Å². The van der Waals surface area contributed by atoms with E-state index in [4.69, 9.17) is 5.73 Å². The van der Waals surface area contributed by atoms with Crippen molar-refractivity contribution < 1.29 is 9.59 Å². The SMILES string of the molecule is CNC(=O)C1(C)CC=C(N2CCN(Cc3ccc(-c4ccccc4C(N)=O)nc3)CC2)C=N1. The van der Waals surface area contributed by atoms with Gasteiger partial charge in [-0.15, -0.1) is 0 Å². The second kappa shape index (κ2) is 9.54. The van der Waals surface area contributed by atoms with Gasteiger partial charge in [0.2, 0.25) is 11.8 Å². The lowest BCUT2D eigenvalue weighted by Crippen LogP contribution is -2.47. The summed E-state index contributed by atoms with van der Waals surface area (Å²) in [6, 6.07) is 11.3. The van der Waals surface area contributed by atoms with Gasteiger partial charge < -0.3 is 16.0 Å². The van der Waals surface area contributed by atoms with Crippen LogP contribution in [0.2, 0.25) is 0 Å². The molecule has 0 radical (unpaired) electrons. The zero-order valence-electron chi connectivity index (χ0n) is 19.1. The van der Waals surface area contributed by atoms with Crippen LogP contribution in [0.4, 0.5) is 0 Å². The number of aromatic nitrogens is 1. The third-order valence-electron chi connectivity index (χ3n) is 6.34. The molecule has 2 aliphatic heterocycles. The minimum atomic E-state index is -0.711. The first kappa shape index (κ1) is 22.7. The lowest BCUT2D eigenvalue weighted by atomic mass is 9.94. The number of pyridine rings is 1. The first-order valence-corrected chi connectivity index (χ1v) is 11.2. The molecule has 1 aromatic carbocycles. The Kier molecular flexibility index (Phi) is 6.55. The Bertz CT molecular complexity index is 1090. The molecule has 172 valence electrons. The van der Waals surface area contributed by atoms with Crippen molar-refractivity contribution in [3.05, 3.63) is 65.5 Å². The Balaban J connectivity index is 1.33. The molecule has 0 aliphatic carbocycles. The van der Waals surface area contributed by atoms with Crippen molar-refractivity contribution in [1.82, 2.24) is 20.1 Å². The van der Waals surface area contributed by atoms with E-state index in [1.807, 2.05) is 37.5 Å². The fraction of sp³-hybridized carbons (Fsp3) is 0.360. The predicted octanol–water partition coefficient (Wildman–Crippen LogP) is 1.83. The molecule has 3 N–H and O–H groups in total. The Morgan fingerprint density at radius 2 is 1.88 bits per heavy atom. The van der Waals surface area contributed by atoms with Crippen molar-refractivity contribution in [1.29, 1.82) is 0 Å². The van der Waals surface area contributed by atoms with Crippen LogP contribution < -0.4 is 11.1 Å². The van der Waals surface area contributed by atoms with Crippen molar-refractivity contribution in [2.75, 3.05) is 33.2 Å². The number of carbonyl (C=O) groups excluding carboxylic acids is 2. The van der Waals surface area contributed by atoms with E-state index < -0.39 is 11.4 Å². The highest BCUT2D eigenvalue weighted by atomic mass is 16.2. The second-order valence-electron chi connectivity index (χ2n) is 8.67. The van der Waals surface area contributed by atoms with Gasteiger partial charge in [-0.25, -0.2) is 0 Å². The number of benzene rings is 1. The average molecular weight is 447 g/mol. The lowest BCUT2D eigenvalue weighted by Gasteiger charge is -2.38. The van der Waals surface area contributed by atoms with Gasteiger partial charge in [-0.3, -0.25) is 24.5 Å². The molecule has 33 heavy (non-hydrogen) atoms. The van der Waals surface area contributed by atoms with E-state index in [0.29, 0.717) is 12.0 Å². The van der Waals surface area contributed by atoms with Crippen LogP contribution in [-0.4, -0.2) is 71.6 Å². The number of aliphatic imine (C=N–C) groups is 1. The number of nitrogens with zero attached hydrogens (tertiary/aromatic N) is 4. The minimum Gasteiger partial charge on any atom is -0.368 e. The Labute approximate surface area is 194 Å². The summed E-state index contributed by atoms with van der Waals surface area (Å²) >= 11 is 0. The highest BCUT2D eigenvalue weighted by Gasteiger charge is 2.33. The van der Waals surface area contributed by atoms with Gasteiger partial charge in [0, 0.05) is 69.7 Å². The van der Waals surface area contributed by atoms with E-state index in [1.54, 1.807) is 19.2 Å². The van der Waals surface area contributed by atoms with Gasteiger partial charge in [-0.05, 0) is 24.6 Å². The second-order valence-corrected chi connectivity index (χ2v) is 8.67. The molecule has 1 saturated heterocycles. The van der Waals surface area contributed by atoms with E-state index >= 15 is 0 Å².